The van der Waals surface area contributed by atoms with Crippen molar-refractivity contribution < 1.29 is 13.3 Å². The minimum Gasteiger partial charge on any atom is -0.304 e. The molecule has 5 nitrogen and oxygen atoms in total. The van der Waals surface area contributed by atoms with Crippen molar-refractivity contribution >= 4 is 21.6 Å². The zero-order valence-corrected chi connectivity index (χ0v) is 12.0. The van der Waals surface area contributed by atoms with Gasteiger partial charge < -0.3 is 4.84 Å². The van der Waals surface area contributed by atoms with Crippen molar-refractivity contribution in [2.45, 2.75) is 17.7 Å². The molecule has 0 radical (unpaired) electrons. The molecule has 0 amide bonds. The predicted molar refractivity (Wildman–Crippen MR) is 73.1 cm³/mol. The highest BCUT2D eigenvalue weighted by atomic mass is 35.5. The Bertz CT molecular complexity index is 528. The highest BCUT2D eigenvalue weighted by Gasteiger charge is 2.29. The van der Waals surface area contributed by atoms with Crippen molar-refractivity contribution in [3.8, 4) is 0 Å². The second-order valence-electron chi connectivity index (χ2n) is 4.64. The number of hydrogen-bond acceptors (Lipinski definition) is 4. The molecule has 1 aliphatic heterocycles. The van der Waals surface area contributed by atoms with Gasteiger partial charge in [-0.05, 0) is 37.0 Å². The fraction of sp³-hybridized carbons (Fsp3) is 0.500. The Morgan fingerprint density at radius 2 is 2.05 bits per heavy atom. The first kappa shape index (κ1) is 14.7. The van der Waals surface area contributed by atoms with Crippen LogP contribution < -0.4 is 5.90 Å². The average molecular weight is 305 g/mol. The lowest BCUT2D eigenvalue weighted by molar-refractivity contribution is 0.0805. The molecule has 1 aliphatic rings. The molecule has 0 spiro atoms. The third kappa shape index (κ3) is 3.46. The average Bonchev–Trinajstić information content (AvgIpc) is 2.40. The topological polar surface area (TPSA) is 72.6 Å². The Morgan fingerprint density at radius 1 is 1.37 bits per heavy atom. The minimum absolute atomic E-state index is 0.244. The molecule has 0 unspecified atom stereocenters. The van der Waals surface area contributed by atoms with Crippen molar-refractivity contribution in [2.24, 2.45) is 11.8 Å². The van der Waals surface area contributed by atoms with Gasteiger partial charge in [0.25, 0.3) is 0 Å². The summed E-state index contributed by atoms with van der Waals surface area (Å²) in [5.41, 5.74) is 0. The first-order valence-electron chi connectivity index (χ1n) is 6.11. The van der Waals surface area contributed by atoms with E-state index in [1.54, 1.807) is 18.2 Å². The largest absolute Gasteiger partial charge is 0.304 e. The normalized spacial score (nSPS) is 18.6. The van der Waals surface area contributed by atoms with E-state index < -0.39 is 10.0 Å². The van der Waals surface area contributed by atoms with Crippen molar-refractivity contribution in [1.82, 2.24) is 4.31 Å². The second-order valence-corrected chi connectivity index (χ2v) is 7.01. The molecule has 0 atom stereocenters. The number of halogens is 1. The Kier molecular flexibility index (Phi) is 4.81. The molecule has 0 bridgehead atoms. The van der Waals surface area contributed by atoms with Gasteiger partial charge >= 0.3 is 0 Å². The number of sulfonamides is 1. The van der Waals surface area contributed by atoms with Crippen LogP contribution in [0, 0.1) is 5.92 Å². The van der Waals surface area contributed by atoms with Gasteiger partial charge in [-0.3, -0.25) is 0 Å². The maximum atomic E-state index is 12.4. The summed E-state index contributed by atoms with van der Waals surface area (Å²) in [4.78, 5) is 4.86. The van der Waals surface area contributed by atoms with Gasteiger partial charge in [0.2, 0.25) is 10.0 Å². The van der Waals surface area contributed by atoms with Gasteiger partial charge in [0.1, 0.15) is 0 Å². The molecule has 1 fully saturated rings. The summed E-state index contributed by atoms with van der Waals surface area (Å²) < 4.78 is 26.3. The smallest absolute Gasteiger partial charge is 0.243 e. The third-order valence-electron chi connectivity index (χ3n) is 3.34. The zero-order valence-electron chi connectivity index (χ0n) is 10.5. The van der Waals surface area contributed by atoms with Gasteiger partial charge in [0.05, 0.1) is 11.5 Å². The van der Waals surface area contributed by atoms with E-state index in [9.17, 15) is 8.42 Å². The summed E-state index contributed by atoms with van der Waals surface area (Å²) in [6.45, 7) is 1.46. The van der Waals surface area contributed by atoms with E-state index >= 15 is 0 Å². The molecule has 0 saturated carbocycles. The number of benzene rings is 1. The van der Waals surface area contributed by atoms with Crippen LogP contribution >= 0.6 is 11.6 Å². The molecule has 0 aliphatic carbocycles. The van der Waals surface area contributed by atoms with E-state index in [1.165, 1.54) is 10.4 Å². The Labute approximate surface area is 118 Å². The predicted octanol–water partition coefficient (Wildman–Crippen LogP) is 1.63. The monoisotopic (exact) mass is 304 g/mol. The van der Waals surface area contributed by atoms with Crippen LogP contribution in [0.3, 0.4) is 0 Å². The van der Waals surface area contributed by atoms with Crippen molar-refractivity contribution in [3.05, 3.63) is 29.3 Å². The SMILES string of the molecule is NOCC1CCN(S(=O)(=O)c2cccc(Cl)c2)CC1. The van der Waals surface area contributed by atoms with Crippen molar-refractivity contribution in [1.29, 1.82) is 0 Å². The van der Waals surface area contributed by atoms with Gasteiger partial charge in [-0.1, -0.05) is 17.7 Å². The van der Waals surface area contributed by atoms with Crippen LogP contribution in [0.1, 0.15) is 12.8 Å². The van der Waals surface area contributed by atoms with Crippen LogP contribution in [0.5, 0.6) is 0 Å². The number of hydrogen-bond donors (Lipinski definition) is 1. The molecule has 1 saturated heterocycles. The summed E-state index contributed by atoms with van der Waals surface area (Å²) >= 11 is 5.84. The van der Waals surface area contributed by atoms with Gasteiger partial charge in [-0.25, -0.2) is 14.3 Å². The van der Waals surface area contributed by atoms with Crippen LogP contribution in [0.2, 0.25) is 5.02 Å². The van der Waals surface area contributed by atoms with Crippen LogP contribution in [0.15, 0.2) is 29.2 Å². The molecular formula is C12H17ClN2O3S. The van der Waals surface area contributed by atoms with Crippen LogP contribution in [0.25, 0.3) is 0 Å². The molecule has 2 rings (SSSR count). The Morgan fingerprint density at radius 3 is 2.63 bits per heavy atom. The lowest BCUT2D eigenvalue weighted by Crippen LogP contribution is -2.39. The molecule has 0 aromatic heterocycles. The standard InChI is InChI=1S/C12H17ClN2O3S/c13-11-2-1-3-12(8-11)19(16,17)15-6-4-10(5-7-15)9-18-14/h1-3,8,10H,4-7,9,14H2. The van der Waals surface area contributed by atoms with E-state index in [2.05, 4.69) is 4.84 Å². The van der Waals surface area contributed by atoms with E-state index in [-0.39, 0.29) is 4.90 Å². The summed E-state index contributed by atoms with van der Waals surface area (Å²) in [5.74, 6) is 5.37. The lowest BCUT2D eigenvalue weighted by Gasteiger charge is -2.30. The van der Waals surface area contributed by atoms with Crippen LogP contribution in [-0.2, 0) is 14.9 Å². The van der Waals surface area contributed by atoms with E-state index in [0.717, 1.165) is 12.8 Å². The molecule has 19 heavy (non-hydrogen) atoms. The second kappa shape index (κ2) is 6.19. The molecule has 1 heterocycles. The van der Waals surface area contributed by atoms with Gasteiger partial charge in [0, 0.05) is 18.1 Å². The molecule has 1 aromatic carbocycles. The number of rotatable bonds is 4. The molecule has 7 heteroatoms. The molecular weight excluding hydrogens is 288 g/mol. The van der Waals surface area contributed by atoms with Crippen molar-refractivity contribution in [3.63, 3.8) is 0 Å². The summed E-state index contributed by atoms with van der Waals surface area (Å²) in [6, 6.07) is 6.35. The van der Waals surface area contributed by atoms with Crippen LogP contribution in [-0.4, -0.2) is 32.4 Å². The summed E-state index contributed by atoms with van der Waals surface area (Å²) in [7, 11) is -3.45. The first-order chi connectivity index (χ1) is 9.04. The highest BCUT2D eigenvalue weighted by molar-refractivity contribution is 7.89. The Balaban J connectivity index is 2.10. The summed E-state index contributed by atoms with van der Waals surface area (Å²) in [5, 5.41) is 0.424. The third-order valence-corrected chi connectivity index (χ3v) is 5.47. The molecule has 2 N–H and O–H groups in total. The maximum absolute atomic E-state index is 12.4. The number of piperidine rings is 1. The lowest BCUT2D eigenvalue weighted by atomic mass is 9.99. The van der Waals surface area contributed by atoms with Gasteiger partial charge in [-0.2, -0.15) is 4.31 Å². The zero-order chi connectivity index (χ0) is 13.9. The van der Waals surface area contributed by atoms with Crippen molar-refractivity contribution in [2.75, 3.05) is 19.7 Å². The summed E-state index contributed by atoms with van der Waals surface area (Å²) in [6.07, 6.45) is 1.52. The highest BCUT2D eigenvalue weighted by Crippen LogP contribution is 2.25. The molecule has 1 aromatic rings. The number of nitrogens with zero attached hydrogens (tertiary/aromatic N) is 1. The van der Waals surface area contributed by atoms with Gasteiger partial charge in [0.15, 0.2) is 0 Å². The maximum Gasteiger partial charge on any atom is 0.243 e. The van der Waals surface area contributed by atoms with Gasteiger partial charge in [-0.15, -0.1) is 0 Å². The Hall–Kier alpha value is -0.660. The molecule has 106 valence electrons. The quantitative estimate of drug-likeness (QED) is 0.858. The fourth-order valence-corrected chi connectivity index (χ4v) is 4.00. The van der Waals surface area contributed by atoms with E-state index in [1.807, 2.05) is 0 Å². The fourth-order valence-electron chi connectivity index (χ4n) is 2.23. The van der Waals surface area contributed by atoms with Crippen LogP contribution in [0.4, 0.5) is 0 Å². The minimum atomic E-state index is -3.45. The first-order valence-corrected chi connectivity index (χ1v) is 7.93. The van der Waals surface area contributed by atoms with E-state index in [0.29, 0.717) is 30.6 Å². The number of nitrogens with two attached hydrogens (primary N) is 1. The van der Waals surface area contributed by atoms with E-state index in [4.69, 9.17) is 17.5 Å².